The number of hydrogen-bond donors (Lipinski definition) is 1. The highest BCUT2D eigenvalue weighted by atomic mass is 16.3. The Balaban J connectivity index is 2.00. The molecule has 1 aliphatic rings. The van der Waals surface area contributed by atoms with Crippen LogP contribution in [0.15, 0.2) is 16.5 Å². The minimum absolute atomic E-state index is 0.490. The number of oxazole rings is 1. The predicted molar refractivity (Wildman–Crippen MR) is 68.3 cm³/mol. The Morgan fingerprint density at radius 3 is 2.65 bits per heavy atom. The normalized spacial score (nSPS) is 17.8. The minimum Gasteiger partial charge on any atom is -0.440 e. The SMILES string of the molecule is Cc1cc2nc(C3CCNCC3)oc2cc1C. The number of aryl methyl sites for hydroxylation is 2. The van der Waals surface area contributed by atoms with Crippen LogP contribution in [0.3, 0.4) is 0 Å². The van der Waals surface area contributed by atoms with Crippen molar-refractivity contribution in [2.45, 2.75) is 32.6 Å². The standard InChI is InChI=1S/C14H18N2O/c1-9-7-12-13(8-10(9)2)17-14(16-12)11-3-5-15-6-4-11/h7-8,11,15H,3-6H2,1-2H3. The molecular formula is C14H18N2O. The second-order valence-corrected chi connectivity index (χ2v) is 4.98. The van der Waals surface area contributed by atoms with Crippen molar-refractivity contribution in [2.24, 2.45) is 0 Å². The molecule has 0 spiro atoms. The lowest BCUT2D eigenvalue weighted by molar-refractivity contribution is 0.385. The number of fused-ring (bicyclic) bond motifs is 1. The predicted octanol–water partition coefficient (Wildman–Crippen LogP) is 2.91. The van der Waals surface area contributed by atoms with Crippen LogP contribution >= 0.6 is 0 Å². The molecule has 0 bridgehead atoms. The van der Waals surface area contributed by atoms with Gasteiger partial charge in [0, 0.05) is 5.92 Å². The summed E-state index contributed by atoms with van der Waals surface area (Å²) in [6.45, 7) is 6.37. The maximum Gasteiger partial charge on any atom is 0.198 e. The molecule has 0 radical (unpaired) electrons. The van der Waals surface area contributed by atoms with Crippen LogP contribution in [-0.4, -0.2) is 18.1 Å². The average Bonchev–Trinajstić information content (AvgIpc) is 2.74. The zero-order chi connectivity index (χ0) is 11.8. The molecule has 90 valence electrons. The van der Waals surface area contributed by atoms with Crippen LogP contribution in [-0.2, 0) is 0 Å². The summed E-state index contributed by atoms with van der Waals surface area (Å²) < 4.78 is 5.90. The molecule has 0 saturated carbocycles. The van der Waals surface area contributed by atoms with Gasteiger partial charge in [-0.2, -0.15) is 0 Å². The van der Waals surface area contributed by atoms with Crippen molar-refractivity contribution in [1.29, 1.82) is 0 Å². The van der Waals surface area contributed by atoms with Gasteiger partial charge in [0.2, 0.25) is 0 Å². The maximum absolute atomic E-state index is 5.90. The molecule has 1 aliphatic heterocycles. The third kappa shape index (κ3) is 1.95. The fourth-order valence-corrected chi connectivity index (χ4v) is 2.44. The van der Waals surface area contributed by atoms with Crippen molar-refractivity contribution in [1.82, 2.24) is 10.3 Å². The van der Waals surface area contributed by atoms with Gasteiger partial charge in [-0.05, 0) is 63.0 Å². The zero-order valence-electron chi connectivity index (χ0n) is 10.4. The molecule has 2 aromatic rings. The van der Waals surface area contributed by atoms with E-state index in [1.807, 2.05) is 0 Å². The van der Waals surface area contributed by atoms with E-state index in [4.69, 9.17) is 4.42 Å². The summed E-state index contributed by atoms with van der Waals surface area (Å²) in [7, 11) is 0. The smallest absolute Gasteiger partial charge is 0.198 e. The van der Waals surface area contributed by atoms with E-state index in [9.17, 15) is 0 Å². The molecule has 0 unspecified atom stereocenters. The van der Waals surface area contributed by atoms with Gasteiger partial charge in [0.15, 0.2) is 11.5 Å². The van der Waals surface area contributed by atoms with Gasteiger partial charge in [-0.15, -0.1) is 0 Å². The zero-order valence-corrected chi connectivity index (χ0v) is 10.4. The quantitative estimate of drug-likeness (QED) is 0.818. The highest BCUT2D eigenvalue weighted by Crippen LogP contribution is 2.28. The van der Waals surface area contributed by atoms with E-state index in [2.05, 4.69) is 36.3 Å². The fraction of sp³-hybridized carbons (Fsp3) is 0.500. The third-order valence-electron chi connectivity index (χ3n) is 3.71. The van der Waals surface area contributed by atoms with Gasteiger partial charge in [0.05, 0.1) is 0 Å². The monoisotopic (exact) mass is 230 g/mol. The fourth-order valence-electron chi connectivity index (χ4n) is 2.44. The Hall–Kier alpha value is -1.35. The molecule has 3 heteroatoms. The van der Waals surface area contributed by atoms with E-state index >= 15 is 0 Å². The molecule has 1 fully saturated rings. The van der Waals surface area contributed by atoms with Gasteiger partial charge in [-0.25, -0.2) is 4.98 Å². The van der Waals surface area contributed by atoms with Crippen LogP contribution < -0.4 is 5.32 Å². The lowest BCUT2D eigenvalue weighted by atomic mass is 9.98. The van der Waals surface area contributed by atoms with Crippen molar-refractivity contribution in [3.8, 4) is 0 Å². The molecule has 1 aromatic carbocycles. The number of nitrogens with one attached hydrogen (secondary N) is 1. The summed E-state index contributed by atoms with van der Waals surface area (Å²) in [4.78, 5) is 4.64. The molecule has 0 atom stereocenters. The summed E-state index contributed by atoms with van der Waals surface area (Å²) in [5, 5.41) is 3.37. The molecule has 1 saturated heterocycles. The first-order chi connectivity index (χ1) is 8.24. The lowest BCUT2D eigenvalue weighted by Gasteiger charge is -2.19. The van der Waals surface area contributed by atoms with Crippen molar-refractivity contribution in [3.63, 3.8) is 0 Å². The average molecular weight is 230 g/mol. The van der Waals surface area contributed by atoms with E-state index in [0.29, 0.717) is 5.92 Å². The van der Waals surface area contributed by atoms with Crippen LogP contribution in [0.25, 0.3) is 11.1 Å². The van der Waals surface area contributed by atoms with Crippen molar-refractivity contribution >= 4 is 11.1 Å². The Labute approximate surface area is 101 Å². The van der Waals surface area contributed by atoms with Crippen molar-refractivity contribution in [2.75, 3.05) is 13.1 Å². The first kappa shape index (κ1) is 10.8. The Bertz CT molecular complexity index is 499. The van der Waals surface area contributed by atoms with Gasteiger partial charge in [-0.3, -0.25) is 0 Å². The van der Waals surface area contributed by atoms with Gasteiger partial charge < -0.3 is 9.73 Å². The number of aromatic nitrogens is 1. The highest BCUT2D eigenvalue weighted by molar-refractivity contribution is 5.74. The van der Waals surface area contributed by atoms with Crippen LogP contribution in [0, 0.1) is 13.8 Å². The van der Waals surface area contributed by atoms with Gasteiger partial charge >= 0.3 is 0 Å². The molecule has 3 rings (SSSR count). The number of nitrogens with zero attached hydrogens (tertiary/aromatic N) is 1. The first-order valence-corrected chi connectivity index (χ1v) is 6.32. The number of hydrogen-bond acceptors (Lipinski definition) is 3. The summed E-state index contributed by atoms with van der Waals surface area (Å²) in [6.07, 6.45) is 2.26. The largest absolute Gasteiger partial charge is 0.440 e. The van der Waals surface area contributed by atoms with Crippen molar-refractivity contribution in [3.05, 3.63) is 29.2 Å². The Kier molecular flexibility index (Phi) is 2.63. The van der Waals surface area contributed by atoms with Crippen LogP contribution in [0.1, 0.15) is 35.8 Å². The summed E-state index contributed by atoms with van der Waals surface area (Å²) in [5.74, 6) is 1.41. The topological polar surface area (TPSA) is 38.1 Å². The minimum atomic E-state index is 0.490. The lowest BCUT2D eigenvalue weighted by Crippen LogP contribution is -2.26. The van der Waals surface area contributed by atoms with Gasteiger partial charge in [-0.1, -0.05) is 0 Å². The van der Waals surface area contributed by atoms with Crippen molar-refractivity contribution < 1.29 is 4.42 Å². The second kappa shape index (κ2) is 4.15. The maximum atomic E-state index is 5.90. The molecule has 1 N–H and O–H groups in total. The molecular weight excluding hydrogens is 212 g/mol. The van der Waals surface area contributed by atoms with Gasteiger partial charge in [0.25, 0.3) is 0 Å². The van der Waals surface area contributed by atoms with E-state index in [0.717, 1.165) is 42.9 Å². The van der Waals surface area contributed by atoms with E-state index < -0.39 is 0 Å². The Morgan fingerprint density at radius 2 is 1.88 bits per heavy atom. The van der Waals surface area contributed by atoms with Crippen LogP contribution in [0.4, 0.5) is 0 Å². The van der Waals surface area contributed by atoms with E-state index in [1.54, 1.807) is 0 Å². The molecule has 0 aliphatic carbocycles. The second-order valence-electron chi connectivity index (χ2n) is 4.98. The van der Waals surface area contributed by atoms with E-state index in [-0.39, 0.29) is 0 Å². The summed E-state index contributed by atoms with van der Waals surface area (Å²) in [5.41, 5.74) is 4.48. The molecule has 1 aromatic heterocycles. The Morgan fingerprint density at radius 1 is 1.18 bits per heavy atom. The van der Waals surface area contributed by atoms with Crippen LogP contribution in [0.5, 0.6) is 0 Å². The third-order valence-corrected chi connectivity index (χ3v) is 3.71. The first-order valence-electron chi connectivity index (χ1n) is 6.32. The number of piperidine rings is 1. The molecule has 2 heterocycles. The van der Waals surface area contributed by atoms with Gasteiger partial charge in [0.1, 0.15) is 5.52 Å². The number of rotatable bonds is 1. The molecule has 17 heavy (non-hydrogen) atoms. The van der Waals surface area contributed by atoms with Crippen LogP contribution in [0.2, 0.25) is 0 Å². The number of benzene rings is 1. The molecule has 3 nitrogen and oxygen atoms in total. The molecule has 0 amide bonds. The van der Waals surface area contributed by atoms with E-state index in [1.165, 1.54) is 11.1 Å². The highest BCUT2D eigenvalue weighted by Gasteiger charge is 2.20. The summed E-state index contributed by atoms with van der Waals surface area (Å²) in [6, 6.07) is 4.22. The summed E-state index contributed by atoms with van der Waals surface area (Å²) >= 11 is 0.